The van der Waals surface area contributed by atoms with Crippen molar-refractivity contribution in [3.8, 4) is 0 Å². The van der Waals surface area contributed by atoms with E-state index in [1.165, 1.54) is 0 Å². The van der Waals surface area contributed by atoms with Gasteiger partial charge in [0, 0.05) is 10.9 Å². The average Bonchev–Trinajstić information content (AvgIpc) is 2.97. The molecule has 0 amide bonds. The lowest BCUT2D eigenvalue weighted by molar-refractivity contribution is 0.112. The van der Waals surface area contributed by atoms with Crippen LogP contribution in [-0.2, 0) is 0 Å². The predicted molar refractivity (Wildman–Crippen MR) is 176 cm³/mol. The molecule has 4 aromatic carbocycles. The van der Waals surface area contributed by atoms with E-state index < -0.39 is 0 Å². The van der Waals surface area contributed by atoms with Gasteiger partial charge >= 0.3 is 0 Å². The molecule has 5 nitrogen and oxygen atoms in total. The first-order valence-corrected chi connectivity index (χ1v) is 14.0. The Hall–Kier alpha value is -5.03. The van der Waals surface area contributed by atoms with Crippen molar-refractivity contribution >= 4 is 51.9 Å². The van der Waals surface area contributed by atoms with Gasteiger partial charge in [-0.05, 0) is 87.1 Å². The Balaban J connectivity index is 1.88. The second-order valence-electron chi connectivity index (χ2n) is 10.7. The first-order chi connectivity index (χ1) is 20.3. The van der Waals surface area contributed by atoms with Gasteiger partial charge in [0.1, 0.15) is 17.1 Å². The number of hydrogen-bond donors (Lipinski definition) is 0. The largest absolute Gasteiger partial charge is 0.298 e. The fourth-order valence-corrected chi connectivity index (χ4v) is 5.12. The number of para-hydroxylation sites is 4. The fourth-order valence-electron chi connectivity index (χ4n) is 5.12. The molecule has 1 aromatic heterocycles. The van der Waals surface area contributed by atoms with Crippen LogP contribution in [0.2, 0.25) is 0 Å². The van der Waals surface area contributed by atoms with Gasteiger partial charge in [-0.15, -0.1) is 0 Å². The molecular formula is C37H34N4O. The summed E-state index contributed by atoms with van der Waals surface area (Å²) in [5, 5.41) is 0.882. The lowest BCUT2D eigenvalue weighted by atomic mass is 10.0. The molecule has 0 radical (unpaired) electrons. The Morgan fingerprint density at radius 3 is 1.67 bits per heavy atom. The Morgan fingerprint density at radius 2 is 1.12 bits per heavy atom. The number of pyridine rings is 1. The second kappa shape index (κ2) is 12.2. The number of benzene rings is 4. The van der Waals surface area contributed by atoms with Crippen LogP contribution in [0.1, 0.15) is 49.4 Å². The van der Waals surface area contributed by atoms with Crippen LogP contribution >= 0.6 is 0 Å². The SMILES string of the molecule is Cc1cccc(C)c1N=CC(=Nc1c(C)cccc1C)C(=Nc1c(C)cccc1C)c1nc2ccccc2cc1C=O. The van der Waals surface area contributed by atoms with Crippen LogP contribution in [0, 0.1) is 41.5 Å². The quantitative estimate of drug-likeness (QED) is 0.150. The summed E-state index contributed by atoms with van der Waals surface area (Å²) in [4.78, 5) is 32.9. The van der Waals surface area contributed by atoms with E-state index in [0.717, 1.165) is 67.6 Å². The van der Waals surface area contributed by atoms with Crippen LogP contribution in [0.15, 0.2) is 99.9 Å². The summed E-state index contributed by atoms with van der Waals surface area (Å²) in [5.41, 5.74) is 11.4. The summed E-state index contributed by atoms with van der Waals surface area (Å²) >= 11 is 0. The molecule has 42 heavy (non-hydrogen) atoms. The summed E-state index contributed by atoms with van der Waals surface area (Å²) < 4.78 is 0. The molecule has 0 unspecified atom stereocenters. The molecule has 0 saturated heterocycles. The van der Waals surface area contributed by atoms with Crippen molar-refractivity contribution in [3.05, 3.63) is 130 Å². The van der Waals surface area contributed by atoms with E-state index in [9.17, 15) is 4.79 Å². The number of hydrogen-bond acceptors (Lipinski definition) is 5. The van der Waals surface area contributed by atoms with Crippen molar-refractivity contribution in [3.63, 3.8) is 0 Å². The maximum Gasteiger partial charge on any atom is 0.152 e. The average molecular weight is 551 g/mol. The third-order valence-corrected chi connectivity index (χ3v) is 7.44. The number of aryl methyl sites for hydroxylation is 6. The Labute approximate surface area is 247 Å². The number of carbonyl (C=O) groups excluding carboxylic acids is 1. The third kappa shape index (κ3) is 5.86. The van der Waals surface area contributed by atoms with Crippen LogP contribution in [0.25, 0.3) is 10.9 Å². The molecule has 0 aliphatic carbocycles. The molecule has 1 heterocycles. The molecule has 0 aliphatic heterocycles. The molecule has 0 fully saturated rings. The van der Waals surface area contributed by atoms with Crippen molar-refractivity contribution in [1.82, 2.24) is 4.98 Å². The summed E-state index contributed by atoms with van der Waals surface area (Å²) in [7, 11) is 0. The van der Waals surface area contributed by atoms with Crippen LogP contribution in [0.5, 0.6) is 0 Å². The van der Waals surface area contributed by atoms with Gasteiger partial charge in [-0.2, -0.15) is 0 Å². The first kappa shape index (κ1) is 28.5. The number of nitrogens with zero attached hydrogens (tertiary/aromatic N) is 4. The normalized spacial score (nSPS) is 12.3. The summed E-state index contributed by atoms with van der Waals surface area (Å²) in [6, 6.07) is 27.9. The monoisotopic (exact) mass is 550 g/mol. The van der Waals surface area contributed by atoms with Gasteiger partial charge in [-0.25, -0.2) is 15.0 Å². The van der Waals surface area contributed by atoms with Crippen LogP contribution in [0.4, 0.5) is 17.1 Å². The number of aliphatic imine (C=N–C) groups is 3. The van der Waals surface area contributed by atoms with E-state index in [1.54, 1.807) is 6.21 Å². The molecule has 0 bridgehead atoms. The standard InChI is InChI=1S/C37H34N4O/c1-23-12-9-13-24(2)33(23)38-21-32(40-34-25(3)14-10-15-26(34)4)37(41-35-27(5)16-11-17-28(35)6)36-30(22-42)20-29-18-7-8-19-31(29)39-36/h7-22H,1-6H3. The minimum absolute atomic E-state index is 0.438. The molecule has 5 heteroatoms. The molecule has 0 N–H and O–H groups in total. The predicted octanol–water partition coefficient (Wildman–Crippen LogP) is 9.19. The highest BCUT2D eigenvalue weighted by Crippen LogP contribution is 2.29. The van der Waals surface area contributed by atoms with Gasteiger partial charge in [0.05, 0.1) is 28.8 Å². The third-order valence-electron chi connectivity index (χ3n) is 7.44. The summed E-state index contributed by atoms with van der Waals surface area (Å²) in [6.07, 6.45) is 2.60. The summed E-state index contributed by atoms with van der Waals surface area (Å²) in [6.45, 7) is 12.2. The lowest BCUT2D eigenvalue weighted by Gasteiger charge is -2.14. The number of aromatic nitrogens is 1. The minimum Gasteiger partial charge on any atom is -0.298 e. The highest BCUT2D eigenvalue weighted by molar-refractivity contribution is 6.67. The molecule has 0 aliphatic rings. The molecule has 5 rings (SSSR count). The summed E-state index contributed by atoms with van der Waals surface area (Å²) in [5.74, 6) is 0. The van der Waals surface area contributed by atoms with Gasteiger partial charge in [-0.1, -0.05) is 72.8 Å². The van der Waals surface area contributed by atoms with E-state index >= 15 is 0 Å². The van der Waals surface area contributed by atoms with E-state index in [4.69, 9.17) is 20.0 Å². The molecular weight excluding hydrogens is 516 g/mol. The van der Waals surface area contributed by atoms with Crippen LogP contribution < -0.4 is 0 Å². The fraction of sp³-hybridized carbons (Fsp3) is 0.162. The van der Waals surface area contributed by atoms with Crippen molar-refractivity contribution in [1.29, 1.82) is 0 Å². The van der Waals surface area contributed by atoms with E-state index in [1.807, 2.05) is 126 Å². The maximum absolute atomic E-state index is 12.6. The van der Waals surface area contributed by atoms with Crippen molar-refractivity contribution < 1.29 is 4.79 Å². The molecule has 0 saturated carbocycles. The minimum atomic E-state index is 0.438. The number of fused-ring (bicyclic) bond motifs is 1. The lowest BCUT2D eigenvalue weighted by Crippen LogP contribution is -2.21. The zero-order valence-corrected chi connectivity index (χ0v) is 24.9. The first-order valence-electron chi connectivity index (χ1n) is 14.0. The Morgan fingerprint density at radius 1 is 0.619 bits per heavy atom. The van der Waals surface area contributed by atoms with Gasteiger partial charge in [0.15, 0.2) is 6.29 Å². The Kier molecular flexibility index (Phi) is 8.30. The number of carbonyl (C=O) groups is 1. The Bertz CT molecular complexity index is 1850. The van der Waals surface area contributed by atoms with Gasteiger partial charge in [-0.3, -0.25) is 9.79 Å². The maximum atomic E-state index is 12.6. The molecule has 0 atom stereocenters. The van der Waals surface area contributed by atoms with Crippen LogP contribution in [0.3, 0.4) is 0 Å². The second-order valence-corrected chi connectivity index (χ2v) is 10.7. The van der Waals surface area contributed by atoms with E-state index in [-0.39, 0.29) is 0 Å². The van der Waals surface area contributed by atoms with Crippen molar-refractivity contribution in [2.24, 2.45) is 15.0 Å². The van der Waals surface area contributed by atoms with Gasteiger partial charge < -0.3 is 0 Å². The highest BCUT2D eigenvalue weighted by atomic mass is 16.1. The van der Waals surface area contributed by atoms with Crippen molar-refractivity contribution in [2.45, 2.75) is 41.5 Å². The highest BCUT2D eigenvalue weighted by Gasteiger charge is 2.20. The van der Waals surface area contributed by atoms with Gasteiger partial charge in [0.25, 0.3) is 0 Å². The number of aldehydes is 1. The number of rotatable bonds is 7. The topological polar surface area (TPSA) is 67.0 Å². The van der Waals surface area contributed by atoms with E-state index in [0.29, 0.717) is 22.7 Å². The van der Waals surface area contributed by atoms with Crippen LogP contribution in [-0.4, -0.2) is 28.9 Å². The zero-order chi connectivity index (χ0) is 29.8. The molecule has 208 valence electrons. The van der Waals surface area contributed by atoms with Crippen molar-refractivity contribution in [2.75, 3.05) is 0 Å². The van der Waals surface area contributed by atoms with E-state index in [2.05, 4.69) is 0 Å². The molecule has 5 aromatic rings. The smallest absolute Gasteiger partial charge is 0.152 e. The van der Waals surface area contributed by atoms with Gasteiger partial charge in [0.2, 0.25) is 0 Å². The molecule has 0 spiro atoms. The zero-order valence-electron chi connectivity index (χ0n) is 24.9.